The van der Waals surface area contributed by atoms with Crippen LogP contribution in [0.1, 0.15) is 0 Å². The van der Waals surface area contributed by atoms with Crippen LogP contribution in [0.2, 0.25) is 0 Å². The number of hydrogen-bond donors (Lipinski definition) is 2. The number of amides is 1. The van der Waals surface area contributed by atoms with Gasteiger partial charge in [0.2, 0.25) is 0 Å². The minimum Gasteiger partial charge on any atom is -0.465 e. The van der Waals surface area contributed by atoms with Gasteiger partial charge in [-0.25, -0.2) is 4.79 Å². The SMILES string of the molecule is O=C(O)NCCN1CCS(=O)CC1. The zero-order valence-electron chi connectivity index (χ0n) is 7.36. The van der Waals surface area contributed by atoms with E-state index in [0.29, 0.717) is 24.6 Å². The van der Waals surface area contributed by atoms with E-state index < -0.39 is 16.9 Å². The fourth-order valence-electron chi connectivity index (χ4n) is 1.22. The lowest BCUT2D eigenvalue weighted by Gasteiger charge is -2.25. The van der Waals surface area contributed by atoms with E-state index in [1.807, 2.05) is 0 Å². The van der Waals surface area contributed by atoms with Crippen LogP contribution < -0.4 is 5.32 Å². The highest BCUT2D eigenvalue weighted by atomic mass is 32.2. The van der Waals surface area contributed by atoms with Crippen LogP contribution in [0.15, 0.2) is 0 Å². The fourth-order valence-corrected chi connectivity index (χ4v) is 2.35. The Morgan fingerprint density at radius 2 is 2.08 bits per heavy atom. The highest BCUT2D eigenvalue weighted by Crippen LogP contribution is 1.98. The average Bonchev–Trinajstić information content (AvgIpc) is 2.08. The molecule has 6 heteroatoms. The quantitative estimate of drug-likeness (QED) is 0.642. The van der Waals surface area contributed by atoms with Gasteiger partial charge in [-0.05, 0) is 0 Å². The van der Waals surface area contributed by atoms with E-state index in [0.717, 1.165) is 13.1 Å². The van der Waals surface area contributed by atoms with Crippen LogP contribution in [0.5, 0.6) is 0 Å². The molecule has 13 heavy (non-hydrogen) atoms. The molecule has 1 rings (SSSR count). The van der Waals surface area contributed by atoms with E-state index in [1.165, 1.54) is 0 Å². The molecule has 1 amide bonds. The van der Waals surface area contributed by atoms with E-state index in [1.54, 1.807) is 0 Å². The molecule has 0 aromatic rings. The Labute approximate surface area is 79.6 Å². The number of hydrogen-bond acceptors (Lipinski definition) is 3. The van der Waals surface area contributed by atoms with Gasteiger partial charge >= 0.3 is 6.09 Å². The maximum atomic E-state index is 11.0. The summed E-state index contributed by atoms with van der Waals surface area (Å²) in [4.78, 5) is 12.2. The van der Waals surface area contributed by atoms with Crippen LogP contribution in [0.4, 0.5) is 4.79 Å². The normalized spacial score (nSPS) is 20.0. The Morgan fingerprint density at radius 1 is 1.46 bits per heavy atom. The predicted octanol–water partition coefficient (Wildman–Crippen LogP) is -0.682. The molecule has 0 aliphatic carbocycles. The van der Waals surface area contributed by atoms with Crippen LogP contribution in [0.3, 0.4) is 0 Å². The molecule has 1 heterocycles. The maximum absolute atomic E-state index is 11.0. The minimum absolute atomic E-state index is 0.446. The van der Waals surface area contributed by atoms with Gasteiger partial charge in [-0.15, -0.1) is 0 Å². The molecule has 1 fully saturated rings. The standard InChI is InChI=1S/C7H14N2O3S/c10-7(11)8-1-2-9-3-5-13(12)6-4-9/h8H,1-6H2,(H,10,11). The van der Waals surface area contributed by atoms with Crippen LogP contribution >= 0.6 is 0 Å². The summed E-state index contributed by atoms with van der Waals surface area (Å²) >= 11 is 0. The molecule has 1 saturated heterocycles. The van der Waals surface area contributed by atoms with E-state index in [2.05, 4.69) is 10.2 Å². The zero-order valence-corrected chi connectivity index (χ0v) is 8.18. The van der Waals surface area contributed by atoms with Gasteiger partial charge in [0, 0.05) is 48.5 Å². The number of carboxylic acid groups (broad SMARTS) is 1. The van der Waals surface area contributed by atoms with Crippen molar-refractivity contribution in [1.82, 2.24) is 10.2 Å². The van der Waals surface area contributed by atoms with Crippen molar-refractivity contribution in [2.24, 2.45) is 0 Å². The molecule has 0 bridgehead atoms. The molecule has 0 aromatic heterocycles. The lowest BCUT2D eigenvalue weighted by atomic mass is 10.4. The zero-order chi connectivity index (χ0) is 9.68. The first-order valence-electron chi connectivity index (χ1n) is 4.22. The second-order valence-electron chi connectivity index (χ2n) is 2.92. The number of nitrogens with zero attached hydrogens (tertiary/aromatic N) is 1. The van der Waals surface area contributed by atoms with Crippen molar-refractivity contribution >= 4 is 16.9 Å². The van der Waals surface area contributed by atoms with Gasteiger partial charge in [-0.3, -0.25) is 9.11 Å². The van der Waals surface area contributed by atoms with Gasteiger partial charge in [-0.1, -0.05) is 0 Å². The van der Waals surface area contributed by atoms with Crippen LogP contribution in [-0.4, -0.2) is 58.0 Å². The summed E-state index contributed by atoms with van der Waals surface area (Å²) in [5, 5.41) is 10.6. The number of carbonyl (C=O) groups is 1. The summed E-state index contributed by atoms with van der Waals surface area (Å²) in [7, 11) is -0.654. The third-order valence-electron chi connectivity index (χ3n) is 1.97. The number of nitrogens with one attached hydrogen (secondary N) is 1. The summed E-state index contributed by atoms with van der Waals surface area (Å²) in [6.07, 6.45) is -0.986. The van der Waals surface area contributed by atoms with Gasteiger partial charge in [0.15, 0.2) is 0 Å². The Balaban J connectivity index is 2.09. The molecule has 76 valence electrons. The molecule has 0 spiro atoms. The van der Waals surface area contributed by atoms with Gasteiger partial charge in [0.05, 0.1) is 0 Å². The van der Waals surface area contributed by atoms with Crippen molar-refractivity contribution < 1.29 is 14.1 Å². The maximum Gasteiger partial charge on any atom is 0.404 e. The summed E-state index contributed by atoms with van der Waals surface area (Å²) in [5.74, 6) is 1.43. The van der Waals surface area contributed by atoms with Crippen LogP contribution in [0, 0.1) is 0 Å². The van der Waals surface area contributed by atoms with Crippen molar-refractivity contribution in [1.29, 1.82) is 0 Å². The average molecular weight is 206 g/mol. The third-order valence-corrected chi connectivity index (χ3v) is 3.25. The molecule has 0 atom stereocenters. The fraction of sp³-hybridized carbons (Fsp3) is 0.857. The Morgan fingerprint density at radius 3 is 2.62 bits per heavy atom. The van der Waals surface area contributed by atoms with Gasteiger partial charge in [0.1, 0.15) is 0 Å². The Hall–Kier alpha value is -0.620. The summed E-state index contributed by atoms with van der Waals surface area (Å²) in [6, 6.07) is 0. The molecule has 0 unspecified atom stereocenters. The van der Waals surface area contributed by atoms with Crippen LogP contribution in [0.25, 0.3) is 0 Å². The summed E-state index contributed by atoms with van der Waals surface area (Å²) in [6.45, 7) is 2.79. The highest BCUT2D eigenvalue weighted by Gasteiger charge is 2.14. The van der Waals surface area contributed by atoms with Crippen molar-refractivity contribution in [3.63, 3.8) is 0 Å². The summed E-state index contributed by atoms with van der Waals surface area (Å²) in [5.41, 5.74) is 0. The van der Waals surface area contributed by atoms with Crippen molar-refractivity contribution in [3.8, 4) is 0 Å². The third kappa shape index (κ3) is 4.23. The van der Waals surface area contributed by atoms with E-state index in [-0.39, 0.29) is 0 Å². The predicted molar refractivity (Wildman–Crippen MR) is 50.3 cm³/mol. The molecule has 0 aromatic carbocycles. The molecule has 0 radical (unpaired) electrons. The smallest absolute Gasteiger partial charge is 0.404 e. The van der Waals surface area contributed by atoms with E-state index >= 15 is 0 Å². The van der Waals surface area contributed by atoms with Gasteiger partial charge < -0.3 is 10.4 Å². The largest absolute Gasteiger partial charge is 0.465 e. The molecule has 2 N–H and O–H groups in total. The van der Waals surface area contributed by atoms with Gasteiger partial charge in [-0.2, -0.15) is 0 Å². The molecule has 0 saturated carbocycles. The lowest BCUT2D eigenvalue weighted by molar-refractivity contribution is 0.191. The van der Waals surface area contributed by atoms with E-state index in [4.69, 9.17) is 5.11 Å². The number of rotatable bonds is 3. The molecular formula is C7H14N2O3S. The second kappa shape index (κ2) is 5.18. The first kappa shape index (κ1) is 10.5. The minimum atomic E-state index is -0.986. The van der Waals surface area contributed by atoms with Crippen molar-refractivity contribution in [2.75, 3.05) is 37.7 Å². The van der Waals surface area contributed by atoms with Crippen molar-refractivity contribution in [2.45, 2.75) is 0 Å². The van der Waals surface area contributed by atoms with Crippen molar-refractivity contribution in [3.05, 3.63) is 0 Å². The Bertz CT molecular complexity index is 200. The topological polar surface area (TPSA) is 69.6 Å². The highest BCUT2D eigenvalue weighted by molar-refractivity contribution is 7.85. The lowest BCUT2D eigenvalue weighted by Crippen LogP contribution is -2.42. The summed E-state index contributed by atoms with van der Waals surface area (Å²) < 4.78 is 11.0. The molecule has 5 nitrogen and oxygen atoms in total. The Kier molecular flexibility index (Phi) is 4.17. The van der Waals surface area contributed by atoms with Gasteiger partial charge in [0.25, 0.3) is 0 Å². The molecule has 1 aliphatic rings. The van der Waals surface area contributed by atoms with E-state index in [9.17, 15) is 9.00 Å². The monoisotopic (exact) mass is 206 g/mol. The molecule has 1 aliphatic heterocycles. The first-order chi connectivity index (χ1) is 6.18. The molecular weight excluding hydrogens is 192 g/mol. The first-order valence-corrected chi connectivity index (χ1v) is 5.71. The second-order valence-corrected chi connectivity index (χ2v) is 4.62. The van der Waals surface area contributed by atoms with Crippen LogP contribution in [-0.2, 0) is 10.8 Å².